The van der Waals surface area contributed by atoms with Crippen LogP contribution in [-0.2, 0) is 4.74 Å². The molecule has 0 amide bonds. The minimum Gasteiger partial charge on any atom is -0.378 e. The summed E-state index contributed by atoms with van der Waals surface area (Å²) in [5.74, 6) is 0.321. The zero-order valence-electron chi connectivity index (χ0n) is 11.8. The molecule has 1 aromatic carbocycles. The van der Waals surface area contributed by atoms with Crippen LogP contribution in [0.1, 0.15) is 5.69 Å². The van der Waals surface area contributed by atoms with Crippen molar-refractivity contribution in [3.63, 3.8) is 0 Å². The third-order valence-electron chi connectivity index (χ3n) is 3.34. The minimum absolute atomic E-state index is 0.204. The fourth-order valence-electron chi connectivity index (χ4n) is 2.19. The Morgan fingerprint density at radius 3 is 2.57 bits per heavy atom. The van der Waals surface area contributed by atoms with Crippen molar-refractivity contribution < 1.29 is 9.13 Å². The first kappa shape index (κ1) is 13.8. The highest BCUT2D eigenvalue weighted by atomic mass is 19.1. The van der Waals surface area contributed by atoms with Crippen molar-refractivity contribution in [1.29, 1.82) is 0 Å². The summed E-state index contributed by atoms with van der Waals surface area (Å²) in [5.41, 5.74) is 1.13. The van der Waals surface area contributed by atoms with Gasteiger partial charge in [0, 0.05) is 18.8 Å². The number of rotatable bonds is 3. The van der Waals surface area contributed by atoms with Crippen LogP contribution in [0.25, 0.3) is 0 Å². The van der Waals surface area contributed by atoms with Crippen LogP contribution < -0.4 is 10.2 Å². The first-order chi connectivity index (χ1) is 10.2. The second kappa shape index (κ2) is 6.05. The molecule has 0 atom stereocenters. The van der Waals surface area contributed by atoms with E-state index in [0.29, 0.717) is 24.9 Å². The SMILES string of the molecule is Cc1nc(N2CCOCC2)nc(Nc2ccccc2)c1F. The Morgan fingerprint density at radius 1 is 1.14 bits per heavy atom. The van der Waals surface area contributed by atoms with E-state index in [9.17, 15) is 4.39 Å². The zero-order valence-corrected chi connectivity index (χ0v) is 11.8. The van der Waals surface area contributed by atoms with Crippen molar-refractivity contribution in [2.75, 3.05) is 36.5 Å². The van der Waals surface area contributed by atoms with Crippen LogP contribution in [0.3, 0.4) is 0 Å². The van der Waals surface area contributed by atoms with Crippen molar-refractivity contribution in [3.8, 4) is 0 Å². The lowest BCUT2D eigenvalue weighted by Gasteiger charge is -2.27. The van der Waals surface area contributed by atoms with E-state index in [0.717, 1.165) is 18.8 Å². The Hall–Kier alpha value is -2.21. The lowest BCUT2D eigenvalue weighted by molar-refractivity contribution is 0.122. The largest absolute Gasteiger partial charge is 0.378 e. The van der Waals surface area contributed by atoms with Gasteiger partial charge in [-0.2, -0.15) is 4.98 Å². The lowest BCUT2D eigenvalue weighted by atomic mass is 10.3. The molecule has 21 heavy (non-hydrogen) atoms. The van der Waals surface area contributed by atoms with Gasteiger partial charge < -0.3 is 15.0 Å². The highest BCUT2D eigenvalue weighted by Crippen LogP contribution is 2.22. The molecule has 2 aromatic rings. The second-order valence-corrected chi connectivity index (χ2v) is 4.86. The van der Waals surface area contributed by atoms with Gasteiger partial charge in [-0.3, -0.25) is 0 Å². The monoisotopic (exact) mass is 288 g/mol. The Labute approximate surface area is 122 Å². The smallest absolute Gasteiger partial charge is 0.227 e. The summed E-state index contributed by atoms with van der Waals surface area (Å²) < 4.78 is 19.5. The highest BCUT2D eigenvalue weighted by Gasteiger charge is 2.18. The normalized spacial score (nSPS) is 15.0. The summed E-state index contributed by atoms with van der Waals surface area (Å²) in [6, 6.07) is 9.41. The fourth-order valence-corrected chi connectivity index (χ4v) is 2.19. The van der Waals surface area contributed by atoms with Crippen LogP contribution in [0, 0.1) is 12.7 Å². The number of benzene rings is 1. The van der Waals surface area contributed by atoms with Gasteiger partial charge in [0.2, 0.25) is 5.95 Å². The van der Waals surface area contributed by atoms with Gasteiger partial charge >= 0.3 is 0 Å². The number of morpholine rings is 1. The molecule has 1 fully saturated rings. The van der Waals surface area contributed by atoms with E-state index in [1.54, 1.807) is 6.92 Å². The van der Waals surface area contributed by atoms with Gasteiger partial charge in [-0.15, -0.1) is 0 Å². The zero-order chi connectivity index (χ0) is 14.7. The van der Waals surface area contributed by atoms with Crippen molar-refractivity contribution >= 4 is 17.5 Å². The number of hydrogen-bond donors (Lipinski definition) is 1. The number of para-hydroxylation sites is 1. The van der Waals surface area contributed by atoms with Gasteiger partial charge in [-0.05, 0) is 19.1 Å². The number of aromatic nitrogens is 2. The summed E-state index contributed by atoms with van der Waals surface area (Å²) >= 11 is 0. The van der Waals surface area contributed by atoms with E-state index in [1.807, 2.05) is 35.2 Å². The summed E-state index contributed by atoms with van der Waals surface area (Å²) in [4.78, 5) is 10.6. The van der Waals surface area contributed by atoms with E-state index in [-0.39, 0.29) is 5.82 Å². The third kappa shape index (κ3) is 3.11. The lowest BCUT2D eigenvalue weighted by Crippen LogP contribution is -2.37. The maximum absolute atomic E-state index is 14.2. The first-order valence-corrected chi connectivity index (χ1v) is 6.93. The average molecular weight is 288 g/mol. The molecule has 1 saturated heterocycles. The molecule has 0 bridgehead atoms. The molecule has 0 unspecified atom stereocenters. The number of anilines is 3. The average Bonchev–Trinajstić information content (AvgIpc) is 2.53. The summed E-state index contributed by atoms with van der Waals surface area (Å²) in [5, 5.41) is 3.01. The first-order valence-electron chi connectivity index (χ1n) is 6.93. The molecule has 3 rings (SSSR count). The highest BCUT2D eigenvalue weighted by molar-refractivity contribution is 5.58. The van der Waals surface area contributed by atoms with Crippen molar-refractivity contribution in [2.24, 2.45) is 0 Å². The van der Waals surface area contributed by atoms with Crippen LogP contribution in [0.2, 0.25) is 0 Å². The fraction of sp³-hybridized carbons (Fsp3) is 0.333. The number of nitrogens with one attached hydrogen (secondary N) is 1. The predicted molar refractivity (Wildman–Crippen MR) is 79.5 cm³/mol. The summed E-state index contributed by atoms with van der Waals surface area (Å²) in [6.45, 7) is 4.37. The number of ether oxygens (including phenoxy) is 1. The van der Waals surface area contributed by atoms with Gasteiger partial charge in [-0.1, -0.05) is 18.2 Å². The van der Waals surface area contributed by atoms with E-state index in [2.05, 4.69) is 15.3 Å². The van der Waals surface area contributed by atoms with Crippen molar-refractivity contribution in [3.05, 3.63) is 41.8 Å². The second-order valence-electron chi connectivity index (χ2n) is 4.86. The van der Waals surface area contributed by atoms with Crippen molar-refractivity contribution in [2.45, 2.75) is 6.92 Å². The number of nitrogens with zero attached hydrogens (tertiary/aromatic N) is 3. The molecule has 1 N–H and O–H groups in total. The number of hydrogen-bond acceptors (Lipinski definition) is 5. The van der Waals surface area contributed by atoms with Gasteiger partial charge in [0.15, 0.2) is 11.6 Å². The van der Waals surface area contributed by atoms with E-state index < -0.39 is 5.82 Å². The van der Waals surface area contributed by atoms with E-state index in [4.69, 9.17) is 4.74 Å². The maximum Gasteiger partial charge on any atom is 0.227 e. The molecule has 1 aliphatic heterocycles. The molecule has 1 aliphatic rings. The molecule has 0 saturated carbocycles. The number of halogens is 1. The van der Waals surface area contributed by atoms with E-state index >= 15 is 0 Å². The summed E-state index contributed by atoms with van der Waals surface area (Å²) in [7, 11) is 0. The molecule has 2 heterocycles. The van der Waals surface area contributed by atoms with Crippen LogP contribution in [-0.4, -0.2) is 36.3 Å². The Kier molecular flexibility index (Phi) is 3.96. The molecule has 0 spiro atoms. The predicted octanol–water partition coefficient (Wildman–Crippen LogP) is 2.50. The number of aryl methyl sites for hydroxylation is 1. The van der Waals surface area contributed by atoms with Crippen LogP contribution >= 0.6 is 0 Å². The standard InChI is InChI=1S/C15H17FN4O/c1-11-13(16)14(18-12-5-3-2-4-6-12)19-15(17-11)20-7-9-21-10-8-20/h2-6H,7-10H2,1H3,(H,17,18,19). The van der Waals surface area contributed by atoms with Gasteiger partial charge in [0.25, 0.3) is 0 Å². The van der Waals surface area contributed by atoms with Crippen LogP contribution in [0.5, 0.6) is 0 Å². The van der Waals surface area contributed by atoms with Gasteiger partial charge in [-0.25, -0.2) is 9.37 Å². The maximum atomic E-state index is 14.2. The molecular weight excluding hydrogens is 271 g/mol. The molecule has 5 nitrogen and oxygen atoms in total. The quantitative estimate of drug-likeness (QED) is 0.940. The van der Waals surface area contributed by atoms with E-state index in [1.165, 1.54) is 0 Å². The minimum atomic E-state index is -0.420. The topological polar surface area (TPSA) is 50.3 Å². The Balaban J connectivity index is 1.90. The Morgan fingerprint density at radius 2 is 1.86 bits per heavy atom. The third-order valence-corrected chi connectivity index (χ3v) is 3.34. The van der Waals surface area contributed by atoms with Crippen LogP contribution in [0.4, 0.5) is 21.8 Å². The summed E-state index contributed by atoms with van der Waals surface area (Å²) in [6.07, 6.45) is 0. The van der Waals surface area contributed by atoms with Crippen molar-refractivity contribution in [1.82, 2.24) is 9.97 Å². The van der Waals surface area contributed by atoms with Gasteiger partial charge in [0.05, 0.1) is 18.9 Å². The molecule has 110 valence electrons. The molecular formula is C15H17FN4O. The molecule has 6 heteroatoms. The van der Waals surface area contributed by atoms with Gasteiger partial charge in [0.1, 0.15) is 0 Å². The molecule has 0 aliphatic carbocycles. The Bertz CT molecular complexity index is 615. The molecule has 1 aromatic heterocycles. The molecule has 0 radical (unpaired) electrons. The van der Waals surface area contributed by atoms with Crippen LogP contribution in [0.15, 0.2) is 30.3 Å².